The van der Waals surface area contributed by atoms with E-state index in [0.717, 1.165) is 0 Å². The molecule has 36 heavy (non-hydrogen) atoms. The smallest absolute Gasteiger partial charge is 0.388 e. The number of nitrogens with one attached hydrogen (secondary N) is 1. The van der Waals surface area contributed by atoms with Crippen molar-refractivity contribution in [3.63, 3.8) is 0 Å². The summed E-state index contributed by atoms with van der Waals surface area (Å²) >= 11 is 12.3. The summed E-state index contributed by atoms with van der Waals surface area (Å²) in [5.41, 5.74) is 1.17. The number of amides is 1. The van der Waals surface area contributed by atoms with Gasteiger partial charge in [-0.15, -0.1) is 0 Å². The number of aliphatic imine (C=N–C) groups is 1. The molecule has 0 bridgehead atoms. The monoisotopic (exact) mass is 539 g/mol. The van der Waals surface area contributed by atoms with Gasteiger partial charge in [-0.2, -0.15) is 29.1 Å². The van der Waals surface area contributed by atoms with Crippen LogP contribution in [0.2, 0.25) is 10.0 Å². The van der Waals surface area contributed by atoms with Crippen LogP contribution >= 0.6 is 23.2 Å². The van der Waals surface area contributed by atoms with Crippen molar-refractivity contribution >= 4 is 46.6 Å². The van der Waals surface area contributed by atoms with Crippen LogP contribution in [0.25, 0.3) is 0 Å². The number of aliphatic hydroxyl groups is 1. The molecule has 1 amide bonds. The number of benzene rings is 1. The number of aromatic nitrogens is 1. The summed E-state index contributed by atoms with van der Waals surface area (Å²) < 4.78 is 29.4. The van der Waals surface area contributed by atoms with E-state index in [1.165, 1.54) is 28.1 Å². The molecule has 2 aromatic rings. The molecule has 0 spiro atoms. The predicted molar refractivity (Wildman–Crippen MR) is 129 cm³/mol. The average molecular weight is 540 g/mol. The summed E-state index contributed by atoms with van der Waals surface area (Å²) in [6.07, 6.45) is 1.77. The van der Waals surface area contributed by atoms with Gasteiger partial charge in [0.25, 0.3) is 0 Å². The first kappa shape index (κ1) is 27.1. The molecule has 3 rings (SSSR count). The van der Waals surface area contributed by atoms with Crippen molar-refractivity contribution in [3.05, 3.63) is 52.0 Å². The van der Waals surface area contributed by atoms with Crippen LogP contribution < -0.4 is 10.1 Å². The number of ether oxygens (including phenoxy) is 1. The minimum absolute atomic E-state index is 0.00807. The van der Waals surface area contributed by atoms with Crippen molar-refractivity contribution in [2.45, 2.75) is 13.5 Å². The maximum Gasteiger partial charge on any atom is 0.388 e. The van der Waals surface area contributed by atoms with E-state index in [-0.39, 0.29) is 36.7 Å². The van der Waals surface area contributed by atoms with Crippen molar-refractivity contribution in [2.24, 2.45) is 16.0 Å². The van der Waals surface area contributed by atoms with E-state index >= 15 is 0 Å². The zero-order valence-electron chi connectivity index (χ0n) is 18.9. The van der Waals surface area contributed by atoms with E-state index in [1.807, 2.05) is 0 Å². The Balaban J connectivity index is 1.99. The summed E-state index contributed by atoms with van der Waals surface area (Å²) in [4.78, 5) is 21.8. The van der Waals surface area contributed by atoms with Crippen molar-refractivity contribution < 1.29 is 23.4 Å². The molecule has 1 atom stereocenters. The van der Waals surface area contributed by atoms with Gasteiger partial charge >= 0.3 is 6.61 Å². The largest absolute Gasteiger partial charge is 0.417 e. The quantitative estimate of drug-likeness (QED) is 0.228. The molecular formula is C22H21Cl2F2N7O3. The third kappa shape index (κ3) is 6.78. The van der Waals surface area contributed by atoms with Crippen LogP contribution in [0.1, 0.15) is 12.5 Å². The number of alkyl halides is 2. The average Bonchev–Trinajstić information content (AvgIpc) is 3.27. The Hall–Kier alpha value is -3.53. The van der Waals surface area contributed by atoms with E-state index in [4.69, 9.17) is 23.2 Å². The Morgan fingerprint density at radius 1 is 1.39 bits per heavy atom. The van der Waals surface area contributed by atoms with Gasteiger partial charge in [0.2, 0.25) is 17.7 Å². The minimum atomic E-state index is -3.06. The predicted octanol–water partition coefficient (Wildman–Crippen LogP) is 3.22. The SMILES string of the molecule is CCN(CC1CN(C(=Nc2cccc(OC(F)F)n2)NC#N)N=C1c1ccc(Cl)c(Cl)c1)C(=O)CO. The molecule has 10 nitrogen and oxygen atoms in total. The van der Waals surface area contributed by atoms with Crippen LogP contribution in [-0.2, 0) is 4.79 Å². The number of halogens is 4. The molecule has 0 aliphatic carbocycles. The van der Waals surface area contributed by atoms with Crippen LogP contribution in [0.4, 0.5) is 14.6 Å². The van der Waals surface area contributed by atoms with Crippen molar-refractivity contribution in [3.8, 4) is 12.1 Å². The number of carbonyl (C=O) groups is 1. The van der Waals surface area contributed by atoms with Crippen molar-refractivity contribution in [1.29, 1.82) is 5.26 Å². The lowest BCUT2D eigenvalue weighted by Crippen LogP contribution is -2.41. The van der Waals surface area contributed by atoms with Crippen molar-refractivity contribution in [2.75, 3.05) is 26.2 Å². The van der Waals surface area contributed by atoms with E-state index in [2.05, 4.69) is 25.1 Å². The standard InChI is InChI=1S/C22H21Cl2F2N7O3/c1-2-32(19(35)11-34)9-14-10-33(31-20(14)13-6-7-15(23)16(24)8-13)22(28-12-27)30-17-4-3-5-18(29-17)36-21(25)26/h3-8,14,21,34H,2,9-11H2,1H3,(H,28,29,30). The summed E-state index contributed by atoms with van der Waals surface area (Å²) in [6, 6.07) is 9.06. The Morgan fingerprint density at radius 3 is 2.81 bits per heavy atom. The lowest BCUT2D eigenvalue weighted by Gasteiger charge is -2.25. The van der Waals surface area contributed by atoms with Crippen LogP contribution in [0, 0.1) is 17.4 Å². The summed E-state index contributed by atoms with van der Waals surface area (Å²) in [6.45, 7) is -1.18. The van der Waals surface area contributed by atoms with Gasteiger partial charge in [-0.1, -0.05) is 35.3 Å². The highest BCUT2D eigenvalue weighted by Crippen LogP contribution is 2.28. The molecule has 1 unspecified atom stereocenters. The normalized spacial score (nSPS) is 15.5. The number of hydrogen-bond acceptors (Lipinski definition) is 7. The first-order valence-corrected chi connectivity index (χ1v) is 11.4. The molecule has 2 heterocycles. The number of pyridine rings is 1. The number of carbonyl (C=O) groups excluding carboxylic acids is 1. The lowest BCUT2D eigenvalue weighted by molar-refractivity contribution is -0.134. The molecule has 0 radical (unpaired) electrons. The van der Waals surface area contributed by atoms with Gasteiger partial charge in [0.15, 0.2) is 12.0 Å². The van der Waals surface area contributed by atoms with Gasteiger partial charge in [0.1, 0.15) is 6.61 Å². The number of likely N-dealkylation sites (N-methyl/N-ethyl adjacent to an activating group) is 1. The zero-order valence-corrected chi connectivity index (χ0v) is 20.4. The fourth-order valence-electron chi connectivity index (χ4n) is 3.48. The van der Waals surface area contributed by atoms with E-state index in [0.29, 0.717) is 27.9 Å². The van der Waals surface area contributed by atoms with Gasteiger partial charge in [-0.3, -0.25) is 10.1 Å². The molecule has 1 aliphatic heterocycles. The van der Waals surface area contributed by atoms with Gasteiger partial charge in [-0.05, 0) is 30.7 Å². The van der Waals surface area contributed by atoms with E-state index < -0.39 is 19.1 Å². The summed E-state index contributed by atoms with van der Waals surface area (Å²) in [7, 11) is 0. The Kier molecular flexibility index (Phi) is 9.35. The first-order chi connectivity index (χ1) is 17.2. The van der Waals surface area contributed by atoms with E-state index in [9.17, 15) is 23.9 Å². The maximum absolute atomic E-state index is 12.6. The molecular weight excluding hydrogens is 519 g/mol. The van der Waals surface area contributed by atoms with Gasteiger partial charge in [-0.25, -0.2) is 5.01 Å². The molecule has 2 N–H and O–H groups in total. The van der Waals surface area contributed by atoms with Gasteiger partial charge < -0.3 is 14.7 Å². The second kappa shape index (κ2) is 12.4. The number of rotatable bonds is 8. The van der Waals surface area contributed by atoms with Gasteiger partial charge in [0.05, 0.1) is 22.3 Å². The molecule has 1 aromatic carbocycles. The molecule has 190 valence electrons. The Bertz CT molecular complexity index is 1210. The second-order valence-corrected chi connectivity index (χ2v) is 8.18. The lowest BCUT2D eigenvalue weighted by atomic mass is 9.97. The zero-order chi connectivity index (χ0) is 26.2. The number of guanidine groups is 1. The molecule has 0 saturated heterocycles. The molecule has 1 aromatic heterocycles. The Labute approximate surface area is 215 Å². The van der Waals surface area contributed by atoms with E-state index in [1.54, 1.807) is 31.3 Å². The number of nitrogens with zero attached hydrogens (tertiary/aromatic N) is 6. The maximum atomic E-state index is 12.6. The van der Waals surface area contributed by atoms with Crippen LogP contribution in [0.5, 0.6) is 5.88 Å². The van der Waals surface area contributed by atoms with Crippen LogP contribution in [-0.4, -0.2) is 70.4 Å². The van der Waals surface area contributed by atoms with Gasteiger partial charge in [0, 0.05) is 25.1 Å². The third-order valence-corrected chi connectivity index (χ3v) is 5.82. The number of hydrazone groups is 1. The molecule has 0 fully saturated rings. The summed E-state index contributed by atoms with van der Waals surface area (Å²) in [5.74, 6) is -1.21. The number of hydrogen-bond donors (Lipinski definition) is 2. The Morgan fingerprint density at radius 2 is 2.17 bits per heavy atom. The first-order valence-electron chi connectivity index (χ1n) is 10.6. The molecule has 0 saturated carbocycles. The number of aliphatic hydroxyl groups excluding tert-OH is 1. The van der Waals surface area contributed by atoms with Crippen LogP contribution in [0.15, 0.2) is 46.5 Å². The molecule has 14 heteroatoms. The van der Waals surface area contributed by atoms with Crippen molar-refractivity contribution in [1.82, 2.24) is 20.2 Å². The highest BCUT2D eigenvalue weighted by molar-refractivity contribution is 6.42. The topological polar surface area (TPSA) is 126 Å². The second-order valence-electron chi connectivity index (χ2n) is 7.37. The highest BCUT2D eigenvalue weighted by Gasteiger charge is 2.33. The highest BCUT2D eigenvalue weighted by atomic mass is 35.5. The molecule has 1 aliphatic rings. The fourth-order valence-corrected chi connectivity index (χ4v) is 3.78. The minimum Gasteiger partial charge on any atom is -0.417 e. The number of nitriles is 1. The third-order valence-electron chi connectivity index (χ3n) is 5.09. The van der Waals surface area contributed by atoms with Crippen LogP contribution in [0.3, 0.4) is 0 Å². The summed E-state index contributed by atoms with van der Waals surface area (Å²) in [5, 5.41) is 27.7. The fraction of sp³-hybridized carbons (Fsp3) is 0.318.